The quantitative estimate of drug-likeness (QED) is 0.408. The molecule has 0 aliphatic carbocycles. The smallest absolute Gasteiger partial charge is 0.208 e. The molecule has 0 saturated carbocycles. The summed E-state index contributed by atoms with van der Waals surface area (Å²) in [4.78, 5) is 4.39. The van der Waals surface area contributed by atoms with E-state index in [2.05, 4.69) is 43.1 Å². The first kappa shape index (κ1) is 18.6. The molecule has 0 aliphatic rings. The van der Waals surface area contributed by atoms with E-state index in [1.807, 2.05) is 60.7 Å². The number of pyridine rings is 1. The zero-order valence-corrected chi connectivity index (χ0v) is 16.6. The van der Waals surface area contributed by atoms with Crippen LogP contribution >= 0.6 is 0 Å². The molecule has 0 amide bonds. The van der Waals surface area contributed by atoms with Gasteiger partial charge in [-0.3, -0.25) is 0 Å². The molecule has 3 aromatic carbocycles. The van der Waals surface area contributed by atoms with E-state index in [4.69, 9.17) is 9.47 Å². The van der Waals surface area contributed by atoms with E-state index in [1.54, 1.807) is 13.3 Å². The number of aromatic nitrogens is 5. The second-order valence-corrected chi connectivity index (χ2v) is 6.73. The van der Waals surface area contributed by atoms with Gasteiger partial charge in [-0.05, 0) is 34.9 Å². The largest absolute Gasteiger partial charge is 0.496 e. The minimum absolute atomic E-state index is 0.465. The number of methoxy groups -OCH3 is 1. The highest BCUT2D eigenvalue weighted by Crippen LogP contribution is 2.33. The first-order valence-corrected chi connectivity index (χ1v) is 9.61. The van der Waals surface area contributed by atoms with Crippen LogP contribution in [-0.4, -0.2) is 32.7 Å². The van der Waals surface area contributed by atoms with Crippen molar-refractivity contribution < 1.29 is 9.47 Å². The Labute approximate surface area is 177 Å². The summed E-state index contributed by atoms with van der Waals surface area (Å²) in [5.41, 5.74) is 1.54. The summed E-state index contributed by atoms with van der Waals surface area (Å²) in [6, 6.07) is 23.4. The molecule has 0 aliphatic heterocycles. The summed E-state index contributed by atoms with van der Waals surface area (Å²) in [6.07, 6.45) is 1.70. The van der Waals surface area contributed by atoms with Crippen molar-refractivity contribution in [1.82, 2.24) is 25.6 Å². The normalized spacial score (nSPS) is 10.7. The van der Waals surface area contributed by atoms with Crippen molar-refractivity contribution in [3.63, 3.8) is 0 Å². The second-order valence-electron chi connectivity index (χ2n) is 6.73. The zero-order chi connectivity index (χ0) is 21.0. The predicted molar refractivity (Wildman–Crippen MR) is 118 cm³/mol. The monoisotopic (exact) mass is 410 g/mol. The minimum atomic E-state index is 0.465. The molecule has 8 heteroatoms. The number of benzene rings is 3. The number of fused-ring (bicyclic) bond motifs is 1. The van der Waals surface area contributed by atoms with Gasteiger partial charge >= 0.3 is 0 Å². The number of tetrazole rings is 1. The number of aromatic amines is 1. The molecule has 0 atom stereocenters. The molecule has 0 unspecified atom stereocenters. The van der Waals surface area contributed by atoms with Gasteiger partial charge in [0.15, 0.2) is 0 Å². The van der Waals surface area contributed by atoms with Crippen LogP contribution in [0.15, 0.2) is 79.0 Å². The standard InChI is InChI=1S/C23H18N6O2/c1-30-21-13-16(9-10-19(21)23-26-28-29-27-23)25-22-14-17(11-12-24-22)31-20-8-4-6-15-5-2-3-7-18(15)20/h2-14H,1H3,(H,24,25)(H,26,27,28,29). The van der Waals surface area contributed by atoms with Gasteiger partial charge in [-0.2, -0.15) is 5.21 Å². The Hall–Kier alpha value is -4.46. The number of rotatable bonds is 6. The maximum Gasteiger partial charge on any atom is 0.208 e. The Morgan fingerprint density at radius 3 is 2.68 bits per heavy atom. The lowest BCUT2D eigenvalue weighted by Gasteiger charge is -2.12. The van der Waals surface area contributed by atoms with Crippen molar-refractivity contribution >= 4 is 22.3 Å². The fourth-order valence-electron chi connectivity index (χ4n) is 3.33. The van der Waals surface area contributed by atoms with Crippen LogP contribution in [0.1, 0.15) is 0 Å². The number of ether oxygens (including phenoxy) is 2. The molecule has 0 bridgehead atoms. The van der Waals surface area contributed by atoms with E-state index in [-0.39, 0.29) is 0 Å². The SMILES string of the molecule is COc1cc(Nc2cc(Oc3cccc4ccccc34)ccn2)ccc1-c1nn[nH]n1. The number of anilines is 2. The summed E-state index contributed by atoms with van der Waals surface area (Å²) in [5, 5.41) is 19.5. The van der Waals surface area contributed by atoms with Crippen molar-refractivity contribution in [3.05, 3.63) is 79.0 Å². The molecule has 2 N–H and O–H groups in total. The van der Waals surface area contributed by atoms with Gasteiger partial charge in [-0.15, -0.1) is 10.2 Å². The Kier molecular flexibility index (Phi) is 4.86. The van der Waals surface area contributed by atoms with E-state index in [9.17, 15) is 0 Å². The van der Waals surface area contributed by atoms with E-state index >= 15 is 0 Å². The topological polar surface area (TPSA) is 97.8 Å². The molecule has 5 rings (SSSR count). The molecule has 0 spiro atoms. The number of nitrogens with zero attached hydrogens (tertiary/aromatic N) is 4. The maximum atomic E-state index is 6.15. The van der Waals surface area contributed by atoms with Crippen LogP contribution in [0.3, 0.4) is 0 Å². The number of hydrogen-bond acceptors (Lipinski definition) is 7. The van der Waals surface area contributed by atoms with Gasteiger partial charge in [0, 0.05) is 29.4 Å². The molecule has 8 nitrogen and oxygen atoms in total. The van der Waals surface area contributed by atoms with Crippen molar-refractivity contribution in [2.45, 2.75) is 0 Å². The Bertz CT molecular complexity index is 1330. The number of nitrogens with one attached hydrogen (secondary N) is 2. The van der Waals surface area contributed by atoms with Gasteiger partial charge in [0.05, 0.1) is 12.7 Å². The molecule has 152 valence electrons. The van der Waals surface area contributed by atoms with Gasteiger partial charge in [0.2, 0.25) is 5.82 Å². The molecule has 5 aromatic rings. The number of H-pyrrole nitrogens is 1. The van der Waals surface area contributed by atoms with E-state index < -0.39 is 0 Å². The van der Waals surface area contributed by atoms with E-state index in [0.29, 0.717) is 23.1 Å². The fourth-order valence-corrected chi connectivity index (χ4v) is 3.33. The molecule has 2 aromatic heterocycles. The summed E-state index contributed by atoms with van der Waals surface area (Å²) < 4.78 is 11.6. The lowest BCUT2D eigenvalue weighted by Crippen LogP contribution is -1.96. The van der Waals surface area contributed by atoms with Crippen molar-refractivity contribution in [1.29, 1.82) is 0 Å². The van der Waals surface area contributed by atoms with Crippen molar-refractivity contribution in [2.24, 2.45) is 0 Å². The van der Waals surface area contributed by atoms with E-state index in [1.165, 1.54) is 0 Å². The summed E-state index contributed by atoms with van der Waals surface area (Å²) >= 11 is 0. The van der Waals surface area contributed by atoms with Gasteiger partial charge in [0.1, 0.15) is 23.1 Å². The Morgan fingerprint density at radius 2 is 1.81 bits per heavy atom. The molecule has 31 heavy (non-hydrogen) atoms. The number of hydrogen-bond donors (Lipinski definition) is 2. The molecule has 2 heterocycles. The predicted octanol–water partition coefficient (Wildman–Crippen LogP) is 4.96. The molecule has 0 radical (unpaired) electrons. The van der Waals surface area contributed by atoms with Gasteiger partial charge in [0.25, 0.3) is 0 Å². The Balaban J connectivity index is 1.39. The summed E-state index contributed by atoms with van der Waals surface area (Å²) in [6.45, 7) is 0. The van der Waals surface area contributed by atoms with E-state index in [0.717, 1.165) is 27.8 Å². The lowest BCUT2D eigenvalue weighted by atomic mass is 10.1. The van der Waals surface area contributed by atoms with Crippen LogP contribution < -0.4 is 14.8 Å². The van der Waals surface area contributed by atoms with Crippen molar-refractivity contribution in [2.75, 3.05) is 12.4 Å². The first-order valence-electron chi connectivity index (χ1n) is 9.61. The highest BCUT2D eigenvalue weighted by Gasteiger charge is 2.11. The molecular formula is C23H18N6O2. The van der Waals surface area contributed by atoms with Crippen molar-refractivity contribution in [3.8, 4) is 28.6 Å². The van der Waals surface area contributed by atoms with Crippen LogP contribution in [0.2, 0.25) is 0 Å². The average molecular weight is 410 g/mol. The third kappa shape index (κ3) is 3.86. The minimum Gasteiger partial charge on any atom is -0.496 e. The second kappa shape index (κ2) is 8.11. The zero-order valence-electron chi connectivity index (χ0n) is 16.6. The van der Waals surface area contributed by atoms with Crippen LogP contribution in [-0.2, 0) is 0 Å². The molecule has 0 fully saturated rings. The van der Waals surface area contributed by atoms with Gasteiger partial charge < -0.3 is 14.8 Å². The van der Waals surface area contributed by atoms with Crippen LogP contribution in [0.25, 0.3) is 22.2 Å². The van der Waals surface area contributed by atoms with Gasteiger partial charge in [-0.25, -0.2) is 4.98 Å². The summed E-state index contributed by atoms with van der Waals surface area (Å²) in [7, 11) is 1.60. The molecular weight excluding hydrogens is 392 g/mol. The lowest BCUT2D eigenvalue weighted by molar-refractivity contribution is 0.416. The summed E-state index contributed by atoms with van der Waals surface area (Å²) in [5.74, 6) is 3.21. The highest BCUT2D eigenvalue weighted by molar-refractivity contribution is 5.88. The van der Waals surface area contributed by atoms with Crippen LogP contribution in [0.4, 0.5) is 11.5 Å². The fraction of sp³-hybridized carbons (Fsp3) is 0.0435. The molecule has 0 saturated heterocycles. The maximum absolute atomic E-state index is 6.15. The third-order valence-electron chi connectivity index (χ3n) is 4.77. The van der Waals surface area contributed by atoms with Crippen LogP contribution in [0, 0.1) is 0 Å². The Morgan fingerprint density at radius 1 is 0.903 bits per heavy atom. The first-order chi connectivity index (χ1) is 15.3. The third-order valence-corrected chi connectivity index (χ3v) is 4.77. The van der Waals surface area contributed by atoms with Crippen LogP contribution in [0.5, 0.6) is 17.2 Å². The highest BCUT2D eigenvalue weighted by atomic mass is 16.5. The average Bonchev–Trinajstić information content (AvgIpc) is 3.34. The van der Waals surface area contributed by atoms with Gasteiger partial charge in [-0.1, -0.05) is 36.4 Å².